The van der Waals surface area contributed by atoms with Crippen molar-refractivity contribution in [3.8, 4) is 0 Å². The zero-order chi connectivity index (χ0) is 23.0. The van der Waals surface area contributed by atoms with Crippen LogP contribution in [-0.2, 0) is 4.79 Å². The van der Waals surface area contributed by atoms with E-state index in [0.717, 1.165) is 16.5 Å². The van der Waals surface area contributed by atoms with E-state index in [-0.39, 0.29) is 11.5 Å². The Balaban J connectivity index is 1.65. The summed E-state index contributed by atoms with van der Waals surface area (Å²) in [5.74, 6) is -1.14. The van der Waals surface area contributed by atoms with Crippen molar-refractivity contribution in [2.45, 2.75) is 24.8 Å². The van der Waals surface area contributed by atoms with Crippen molar-refractivity contribution in [1.82, 2.24) is 4.98 Å². The van der Waals surface area contributed by atoms with Gasteiger partial charge >= 0.3 is 0 Å². The number of aromatic nitrogens is 1. The second-order valence-corrected chi connectivity index (χ2v) is 8.45. The Morgan fingerprint density at radius 1 is 1.19 bits per heavy atom. The average Bonchev–Trinajstić information content (AvgIpc) is 3.28. The van der Waals surface area contributed by atoms with E-state index in [9.17, 15) is 9.59 Å². The molecule has 0 saturated heterocycles. The summed E-state index contributed by atoms with van der Waals surface area (Å²) in [6.45, 7) is 1.70. The molecule has 1 aromatic heterocycles. The molecule has 2 aromatic carbocycles. The molecule has 0 aliphatic heterocycles. The number of H-pyrrole nitrogens is 1. The summed E-state index contributed by atoms with van der Waals surface area (Å²) in [5, 5.41) is 7.32. The average molecular weight is 449 g/mol. The summed E-state index contributed by atoms with van der Waals surface area (Å²) in [7, 11) is 0. The standard InChI is InChI=1S/C23H24N6O2S/c1-12(24)8-20(32)28-19-9-13(6-7-15(19)21(25)30)29-23(22(26)31)10-17(23)16-11-27-18-5-3-2-4-14(16)18/h2-9,11,17,27,29H,10,24H2,1H3,(H2,25,30)(H2,26,31)(H,28,32)/t17-,23+/m1/s1. The lowest BCUT2D eigenvalue weighted by atomic mass is 10.0. The SMILES string of the molecule is CC(N)=CC(=S)Nc1cc(N[C@@]2(C(N)=O)C[C@@H]2c2c[nH]c3ccccc23)ccc1C(N)=O. The van der Waals surface area contributed by atoms with Crippen molar-refractivity contribution in [2.75, 3.05) is 10.6 Å². The Morgan fingerprint density at radius 2 is 1.94 bits per heavy atom. The second-order valence-electron chi connectivity index (χ2n) is 8.01. The highest BCUT2D eigenvalue weighted by atomic mass is 32.1. The first-order valence-electron chi connectivity index (χ1n) is 10.0. The fourth-order valence-electron chi connectivity index (χ4n) is 4.07. The zero-order valence-electron chi connectivity index (χ0n) is 17.4. The van der Waals surface area contributed by atoms with Gasteiger partial charge in [-0.05, 0) is 49.2 Å². The van der Waals surface area contributed by atoms with Crippen LogP contribution in [-0.4, -0.2) is 27.3 Å². The molecule has 3 aromatic rings. The van der Waals surface area contributed by atoms with Gasteiger partial charge in [-0.15, -0.1) is 0 Å². The van der Waals surface area contributed by atoms with E-state index < -0.39 is 17.4 Å². The Kier molecular flexibility index (Phi) is 5.35. The zero-order valence-corrected chi connectivity index (χ0v) is 18.3. The van der Waals surface area contributed by atoms with Crippen LogP contribution < -0.4 is 27.8 Å². The molecule has 1 aliphatic carbocycles. The fraction of sp³-hybridized carbons (Fsp3) is 0.174. The molecule has 9 N–H and O–H groups in total. The van der Waals surface area contributed by atoms with Gasteiger partial charge < -0.3 is 32.8 Å². The number of benzene rings is 2. The molecule has 1 saturated carbocycles. The molecule has 0 radical (unpaired) electrons. The summed E-state index contributed by atoms with van der Waals surface area (Å²) in [6, 6.07) is 12.9. The minimum absolute atomic E-state index is 0.0905. The molecular weight excluding hydrogens is 424 g/mol. The molecule has 1 heterocycles. The number of hydrogen-bond acceptors (Lipinski definition) is 5. The first-order valence-corrected chi connectivity index (χ1v) is 10.4. The number of rotatable bonds is 7. The normalized spacial score (nSPS) is 20.0. The number of carbonyl (C=O) groups is 2. The molecule has 4 rings (SSSR count). The van der Waals surface area contributed by atoms with Crippen molar-refractivity contribution in [3.05, 3.63) is 71.6 Å². The number of thiocarbonyl (C=S) groups is 1. The molecule has 32 heavy (non-hydrogen) atoms. The number of carbonyl (C=O) groups excluding carboxylic acids is 2. The molecule has 9 heteroatoms. The number of para-hydroxylation sites is 1. The van der Waals surface area contributed by atoms with Gasteiger partial charge in [-0.3, -0.25) is 9.59 Å². The predicted molar refractivity (Wildman–Crippen MR) is 130 cm³/mol. The summed E-state index contributed by atoms with van der Waals surface area (Å²) in [5.41, 5.74) is 19.9. The predicted octanol–water partition coefficient (Wildman–Crippen LogP) is 2.69. The van der Waals surface area contributed by atoms with Gasteiger partial charge in [-0.2, -0.15) is 0 Å². The molecule has 1 aliphatic rings. The summed E-state index contributed by atoms with van der Waals surface area (Å²) in [4.78, 5) is 28.0. The van der Waals surface area contributed by atoms with Crippen LogP contribution in [0, 0.1) is 0 Å². The van der Waals surface area contributed by atoms with E-state index in [0.29, 0.717) is 28.5 Å². The minimum Gasteiger partial charge on any atom is -0.402 e. The maximum absolute atomic E-state index is 12.5. The number of aromatic amines is 1. The van der Waals surface area contributed by atoms with Gasteiger partial charge in [0.1, 0.15) is 10.5 Å². The van der Waals surface area contributed by atoms with E-state index in [1.807, 2.05) is 30.5 Å². The van der Waals surface area contributed by atoms with E-state index in [2.05, 4.69) is 15.6 Å². The van der Waals surface area contributed by atoms with Crippen molar-refractivity contribution in [3.63, 3.8) is 0 Å². The summed E-state index contributed by atoms with van der Waals surface area (Å²) < 4.78 is 0. The largest absolute Gasteiger partial charge is 0.402 e. The molecule has 8 nitrogen and oxygen atoms in total. The van der Waals surface area contributed by atoms with Crippen LogP contribution in [0.3, 0.4) is 0 Å². The van der Waals surface area contributed by atoms with Crippen molar-refractivity contribution >= 4 is 51.3 Å². The molecule has 164 valence electrons. The van der Waals surface area contributed by atoms with Crippen LogP contribution in [0.15, 0.2) is 60.4 Å². The van der Waals surface area contributed by atoms with Gasteiger partial charge in [0, 0.05) is 34.4 Å². The lowest BCUT2D eigenvalue weighted by Crippen LogP contribution is -2.39. The molecule has 1 fully saturated rings. The lowest BCUT2D eigenvalue weighted by molar-refractivity contribution is -0.119. The quantitative estimate of drug-likeness (QED) is 0.241. The fourth-order valence-corrected chi connectivity index (χ4v) is 4.36. The first-order chi connectivity index (χ1) is 15.2. The highest BCUT2D eigenvalue weighted by Crippen LogP contribution is 2.55. The topological polar surface area (TPSA) is 152 Å². The van der Waals surface area contributed by atoms with Gasteiger partial charge in [-0.1, -0.05) is 30.4 Å². The third-order valence-corrected chi connectivity index (χ3v) is 5.89. The third kappa shape index (κ3) is 3.90. The smallest absolute Gasteiger partial charge is 0.250 e. The van der Waals surface area contributed by atoms with Crippen LogP contribution in [0.25, 0.3) is 10.9 Å². The Labute approximate surface area is 190 Å². The van der Waals surface area contributed by atoms with E-state index >= 15 is 0 Å². The first kappa shape index (κ1) is 21.4. The Bertz CT molecular complexity index is 1280. The summed E-state index contributed by atoms with van der Waals surface area (Å²) in [6.07, 6.45) is 4.04. The molecule has 2 atom stereocenters. The number of anilines is 2. The molecule has 2 amide bonds. The molecule has 0 spiro atoms. The van der Waals surface area contributed by atoms with Crippen LogP contribution in [0.4, 0.5) is 11.4 Å². The van der Waals surface area contributed by atoms with Crippen LogP contribution in [0.5, 0.6) is 0 Å². The maximum Gasteiger partial charge on any atom is 0.250 e. The number of primary amides is 2. The van der Waals surface area contributed by atoms with E-state index in [1.54, 1.807) is 31.2 Å². The number of nitrogens with two attached hydrogens (primary N) is 3. The van der Waals surface area contributed by atoms with Crippen LogP contribution in [0.1, 0.15) is 35.2 Å². The number of nitrogens with one attached hydrogen (secondary N) is 3. The molecule has 0 unspecified atom stereocenters. The Hall–Kier alpha value is -3.85. The number of allylic oxidation sites excluding steroid dienone is 1. The Morgan fingerprint density at radius 3 is 2.62 bits per heavy atom. The van der Waals surface area contributed by atoms with Crippen molar-refractivity contribution in [2.24, 2.45) is 17.2 Å². The van der Waals surface area contributed by atoms with Gasteiger partial charge in [0.25, 0.3) is 5.91 Å². The lowest BCUT2D eigenvalue weighted by Gasteiger charge is -2.19. The highest BCUT2D eigenvalue weighted by molar-refractivity contribution is 7.81. The van der Waals surface area contributed by atoms with Crippen molar-refractivity contribution in [1.29, 1.82) is 0 Å². The van der Waals surface area contributed by atoms with E-state index in [4.69, 9.17) is 29.4 Å². The number of amides is 2. The van der Waals surface area contributed by atoms with Gasteiger partial charge in [-0.25, -0.2) is 0 Å². The number of fused-ring (bicyclic) bond motifs is 1. The molecular formula is C23H24N6O2S. The van der Waals surface area contributed by atoms with Gasteiger partial charge in [0.15, 0.2) is 0 Å². The third-order valence-electron chi connectivity index (χ3n) is 5.67. The van der Waals surface area contributed by atoms with Gasteiger partial charge in [0.05, 0.1) is 11.3 Å². The van der Waals surface area contributed by atoms with Crippen molar-refractivity contribution < 1.29 is 9.59 Å². The minimum atomic E-state index is -0.940. The summed E-state index contributed by atoms with van der Waals surface area (Å²) >= 11 is 5.27. The maximum atomic E-state index is 12.5. The highest BCUT2D eigenvalue weighted by Gasteiger charge is 2.60. The monoisotopic (exact) mass is 448 g/mol. The van der Waals surface area contributed by atoms with Crippen LogP contribution >= 0.6 is 12.2 Å². The number of hydrogen-bond donors (Lipinski definition) is 6. The molecule has 0 bridgehead atoms. The second kappa shape index (κ2) is 8.01. The van der Waals surface area contributed by atoms with Crippen LogP contribution in [0.2, 0.25) is 0 Å². The van der Waals surface area contributed by atoms with Gasteiger partial charge in [0.2, 0.25) is 5.91 Å². The van der Waals surface area contributed by atoms with E-state index in [1.165, 1.54) is 0 Å².